The highest BCUT2D eigenvalue weighted by atomic mass is 16.6. The average molecular weight is 505 g/mol. The summed E-state index contributed by atoms with van der Waals surface area (Å²) < 4.78 is 11.9. The Morgan fingerprint density at radius 1 is 1.25 bits per heavy atom. The number of fused-ring (bicyclic) bond motifs is 1. The minimum absolute atomic E-state index is 0.121. The van der Waals surface area contributed by atoms with Crippen molar-refractivity contribution in [2.75, 3.05) is 35.5 Å². The quantitative estimate of drug-likeness (QED) is 0.325. The van der Waals surface area contributed by atoms with Crippen LogP contribution < -0.4 is 15.5 Å². The molecule has 1 fully saturated rings. The fourth-order valence-corrected chi connectivity index (χ4v) is 4.55. The van der Waals surface area contributed by atoms with E-state index in [2.05, 4.69) is 9.97 Å². The zero-order valence-corrected chi connectivity index (χ0v) is 19.6. The maximum atomic E-state index is 11.7. The third kappa shape index (κ3) is 4.60. The number of nitro benzene ring substituents is 2. The molecule has 0 spiro atoms. The van der Waals surface area contributed by atoms with Crippen LogP contribution in [-0.4, -0.2) is 68.5 Å². The maximum Gasteiger partial charge on any atom is 0.282 e. The zero-order valence-electron chi connectivity index (χ0n) is 19.6. The monoisotopic (exact) mass is 505 g/mol. The van der Waals surface area contributed by atoms with E-state index < -0.39 is 45.8 Å². The summed E-state index contributed by atoms with van der Waals surface area (Å²) in [6.45, 7) is 3.16. The van der Waals surface area contributed by atoms with Gasteiger partial charge in [0.05, 0.1) is 29.2 Å². The van der Waals surface area contributed by atoms with Crippen molar-refractivity contribution in [1.82, 2.24) is 9.97 Å². The third-order valence-corrected chi connectivity index (χ3v) is 6.23. The summed E-state index contributed by atoms with van der Waals surface area (Å²) in [5.74, 6) is 0.228. The highest BCUT2D eigenvalue weighted by Gasteiger charge is 2.43. The molecule has 2 aliphatic heterocycles. The van der Waals surface area contributed by atoms with Gasteiger partial charge in [-0.15, -0.1) is 0 Å². The van der Waals surface area contributed by atoms with Crippen LogP contribution in [0.15, 0.2) is 24.5 Å². The second-order valence-corrected chi connectivity index (χ2v) is 8.88. The molecule has 1 aromatic heterocycles. The minimum atomic E-state index is -0.987. The van der Waals surface area contributed by atoms with Gasteiger partial charge in [-0.3, -0.25) is 20.2 Å². The van der Waals surface area contributed by atoms with Gasteiger partial charge in [0.25, 0.3) is 11.4 Å². The van der Waals surface area contributed by atoms with E-state index >= 15 is 0 Å². The maximum absolute atomic E-state index is 11.7. The predicted molar refractivity (Wildman–Crippen MR) is 126 cm³/mol. The van der Waals surface area contributed by atoms with Crippen molar-refractivity contribution in [3.05, 3.63) is 50.3 Å². The molecule has 0 radical (unpaired) electrons. The number of aromatic nitrogens is 2. The first kappa shape index (κ1) is 25.4. The van der Waals surface area contributed by atoms with Crippen LogP contribution in [0.2, 0.25) is 0 Å². The van der Waals surface area contributed by atoms with Crippen LogP contribution in [0.4, 0.5) is 28.7 Å². The number of aliphatic hydroxyl groups excluding tert-OH is 2. The summed E-state index contributed by atoms with van der Waals surface area (Å²) in [6, 6.07) is 3.68. The Kier molecular flexibility index (Phi) is 7.16. The first-order valence-corrected chi connectivity index (χ1v) is 11.2. The molecule has 3 heterocycles. The van der Waals surface area contributed by atoms with Gasteiger partial charge >= 0.3 is 0 Å². The first-order chi connectivity index (χ1) is 17.1. The molecule has 0 amide bonds. The van der Waals surface area contributed by atoms with E-state index in [4.69, 9.17) is 15.2 Å². The lowest BCUT2D eigenvalue weighted by Gasteiger charge is -2.28. The number of aliphatic hydroxyl groups is 2. The summed E-state index contributed by atoms with van der Waals surface area (Å²) in [4.78, 5) is 33.8. The molecule has 4 rings (SSSR count). The molecule has 4 atom stereocenters. The Morgan fingerprint density at radius 3 is 2.47 bits per heavy atom. The lowest BCUT2D eigenvalue weighted by Crippen LogP contribution is -2.40. The number of rotatable bonds is 9. The van der Waals surface area contributed by atoms with E-state index in [-0.39, 0.29) is 43.7 Å². The number of anilines is 3. The molecule has 2 aliphatic rings. The first-order valence-electron chi connectivity index (χ1n) is 11.2. The Labute approximate surface area is 205 Å². The number of hydrogen-bond acceptors (Lipinski definition) is 13. The molecule has 2 unspecified atom stereocenters. The Morgan fingerprint density at radius 2 is 1.92 bits per heavy atom. The van der Waals surface area contributed by atoms with Crippen molar-refractivity contribution >= 4 is 28.7 Å². The standard InChI is InChI=1S/C21H27N7O8/c1-11(2)19(17-12(27(31)32)4-3-5-13(17)28(33)34)35-10-25-9-26(16-6-14(30)15(7-29)36-16)21-18(25)20(22)23-8-24-21/h3-5,8,11,14-16,19,29-30H,6-7,9-10H2,1-2H3,(H2,22,23,24)/t14?,15-,16-,19?/m1/s1. The number of nitrogens with two attached hydrogens (primary N) is 1. The summed E-state index contributed by atoms with van der Waals surface area (Å²) in [5, 5.41) is 43.0. The van der Waals surface area contributed by atoms with Crippen LogP contribution in [0.25, 0.3) is 0 Å². The number of hydrogen-bond donors (Lipinski definition) is 3. The summed E-state index contributed by atoms with van der Waals surface area (Å²) in [7, 11) is 0. The van der Waals surface area contributed by atoms with Crippen LogP contribution in [-0.2, 0) is 9.47 Å². The summed E-state index contributed by atoms with van der Waals surface area (Å²) in [5.41, 5.74) is 5.63. The molecular formula is C21H27N7O8. The van der Waals surface area contributed by atoms with E-state index in [1.807, 2.05) is 0 Å². The van der Waals surface area contributed by atoms with Gasteiger partial charge in [0.2, 0.25) is 0 Å². The minimum Gasteiger partial charge on any atom is -0.394 e. The van der Waals surface area contributed by atoms with E-state index in [9.17, 15) is 30.4 Å². The van der Waals surface area contributed by atoms with Crippen LogP contribution in [0.3, 0.4) is 0 Å². The van der Waals surface area contributed by atoms with Gasteiger partial charge < -0.3 is 35.2 Å². The van der Waals surface area contributed by atoms with E-state index in [0.717, 1.165) is 0 Å². The number of benzene rings is 1. The van der Waals surface area contributed by atoms with Gasteiger partial charge in [-0.05, 0) is 12.0 Å². The molecule has 1 saturated heterocycles. The molecule has 36 heavy (non-hydrogen) atoms. The zero-order chi connectivity index (χ0) is 26.1. The Hall–Kier alpha value is -3.66. The van der Waals surface area contributed by atoms with Gasteiger partial charge in [0.15, 0.2) is 11.6 Å². The summed E-state index contributed by atoms with van der Waals surface area (Å²) >= 11 is 0. The van der Waals surface area contributed by atoms with Crippen molar-refractivity contribution in [3.63, 3.8) is 0 Å². The lowest BCUT2D eigenvalue weighted by atomic mass is 9.95. The molecule has 15 nitrogen and oxygen atoms in total. The second-order valence-electron chi connectivity index (χ2n) is 8.88. The largest absolute Gasteiger partial charge is 0.394 e. The van der Waals surface area contributed by atoms with Crippen molar-refractivity contribution in [2.24, 2.45) is 5.92 Å². The second kappa shape index (κ2) is 10.1. The van der Waals surface area contributed by atoms with Gasteiger partial charge in [0.1, 0.15) is 42.7 Å². The molecule has 4 N–H and O–H groups in total. The highest BCUT2D eigenvalue weighted by Crippen LogP contribution is 2.43. The molecule has 2 aromatic rings. The van der Waals surface area contributed by atoms with Crippen LogP contribution in [0.5, 0.6) is 0 Å². The molecule has 194 valence electrons. The fraction of sp³-hybridized carbons (Fsp3) is 0.524. The van der Waals surface area contributed by atoms with Gasteiger partial charge in [0, 0.05) is 18.6 Å². The smallest absolute Gasteiger partial charge is 0.282 e. The molecule has 0 aliphatic carbocycles. The van der Waals surface area contributed by atoms with E-state index in [1.54, 1.807) is 23.6 Å². The van der Waals surface area contributed by atoms with E-state index in [0.29, 0.717) is 11.5 Å². The van der Waals surface area contributed by atoms with Crippen LogP contribution >= 0.6 is 0 Å². The SMILES string of the molecule is CC(C)C(OCN1CN([C@H]2CC(O)[C@@H](CO)O2)c2ncnc(N)c21)c1c([N+](=O)[O-])cccc1[N+](=O)[O-]. The van der Waals surface area contributed by atoms with Gasteiger partial charge in [-0.1, -0.05) is 13.8 Å². The number of nitrogens with zero attached hydrogens (tertiary/aromatic N) is 6. The van der Waals surface area contributed by atoms with E-state index in [1.165, 1.54) is 24.5 Å². The van der Waals surface area contributed by atoms with Crippen molar-refractivity contribution in [1.29, 1.82) is 0 Å². The van der Waals surface area contributed by atoms with Crippen molar-refractivity contribution in [2.45, 2.75) is 44.8 Å². The fourth-order valence-electron chi connectivity index (χ4n) is 4.55. The average Bonchev–Trinajstić information content (AvgIpc) is 3.39. The van der Waals surface area contributed by atoms with Crippen LogP contribution in [0.1, 0.15) is 31.9 Å². The van der Waals surface area contributed by atoms with Crippen molar-refractivity contribution in [3.8, 4) is 0 Å². The Balaban J connectivity index is 1.63. The molecule has 0 bridgehead atoms. The van der Waals surface area contributed by atoms with Gasteiger partial charge in [-0.25, -0.2) is 9.97 Å². The number of ether oxygens (including phenoxy) is 2. The van der Waals surface area contributed by atoms with Crippen molar-refractivity contribution < 1.29 is 29.5 Å². The highest BCUT2D eigenvalue weighted by molar-refractivity contribution is 5.81. The van der Waals surface area contributed by atoms with Crippen LogP contribution in [0, 0.1) is 26.1 Å². The Bertz CT molecular complexity index is 1120. The topological polar surface area (TPSA) is 203 Å². The number of nitrogen functional groups attached to an aromatic ring is 1. The summed E-state index contributed by atoms with van der Waals surface area (Å²) in [6.07, 6.45) is -1.69. The lowest BCUT2D eigenvalue weighted by molar-refractivity contribution is -0.396. The molecular weight excluding hydrogens is 478 g/mol. The van der Waals surface area contributed by atoms with Gasteiger partial charge in [-0.2, -0.15) is 0 Å². The molecule has 15 heteroatoms. The third-order valence-electron chi connectivity index (χ3n) is 6.23. The predicted octanol–water partition coefficient (Wildman–Crippen LogP) is 1.30. The number of nitro groups is 2. The molecule has 1 aromatic carbocycles. The molecule has 0 saturated carbocycles. The normalized spacial score (nSPS) is 22.2.